The molecule has 0 aliphatic heterocycles. The summed E-state index contributed by atoms with van der Waals surface area (Å²) in [6, 6.07) is 12.2. The Hall–Kier alpha value is -2.15. The minimum absolute atomic E-state index is 0.401. The fourth-order valence-electron chi connectivity index (χ4n) is 2.51. The zero-order valence-corrected chi connectivity index (χ0v) is 16.0. The molecule has 1 N–H and O–H groups in total. The summed E-state index contributed by atoms with van der Waals surface area (Å²) >= 11 is 1.62. The molecule has 3 aromatic rings. The van der Waals surface area contributed by atoms with E-state index in [1.165, 1.54) is 5.56 Å². The molecule has 2 heterocycles. The molecule has 0 radical (unpaired) electrons. The first-order chi connectivity index (χ1) is 12.8. The van der Waals surface area contributed by atoms with Crippen LogP contribution in [0.3, 0.4) is 0 Å². The zero-order chi connectivity index (χ0) is 18.2. The van der Waals surface area contributed by atoms with Crippen molar-refractivity contribution in [1.29, 1.82) is 0 Å². The molecule has 6 heteroatoms. The fourth-order valence-corrected chi connectivity index (χ4v) is 3.16. The number of aromatic nitrogens is 1. The van der Waals surface area contributed by atoms with E-state index in [9.17, 15) is 0 Å². The molecular weight excluding hydrogens is 348 g/mol. The normalized spacial score (nSPS) is 11.0. The first-order valence-electron chi connectivity index (χ1n) is 8.83. The van der Waals surface area contributed by atoms with Crippen LogP contribution in [0.15, 0.2) is 46.2 Å². The van der Waals surface area contributed by atoms with Crippen LogP contribution in [-0.2, 0) is 17.9 Å². The van der Waals surface area contributed by atoms with Crippen molar-refractivity contribution in [2.75, 3.05) is 13.2 Å². The Labute approximate surface area is 157 Å². The lowest BCUT2D eigenvalue weighted by Gasteiger charge is -2.07. The summed E-state index contributed by atoms with van der Waals surface area (Å²) in [4.78, 5) is 10.7. The molecular formula is C20H24N2O3S. The van der Waals surface area contributed by atoms with E-state index in [1.54, 1.807) is 11.3 Å². The van der Waals surface area contributed by atoms with Crippen LogP contribution in [-0.4, -0.2) is 18.1 Å². The number of thiophene rings is 1. The van der Waals surface area contributed by atoms with Crippen LogP contribution < -0.4 is 10.2 Å². The molecule has 0 aliphatic carbocycles. The number of rotatable bonds is 10. The van der Waals surface area contributed by atoms with Gasteiger partial charge in [-0.3, -0.25) is 0 Å². The van der Waals surface area contributed by atoms with Gasteiger partial charge in [-0.2, -0.15) is 0 Å². The largest absolute Gasteiger partial charge is 0.487 e. The predicted molar refractivity (Wildman–Crippen MR) is 103 cm³/mol. The molecule has 3 rings (SSSR count). The van der Waals surface area contributed by atoms with Gasteiger partial charge in [0.15, 0.2) is 0 Å². The molecule has 0 aliphatic rings. The summed E-state index contributed by atoms with van der Waals surface area (Å²) in [5.41, 5.74) is 5.05. The number of benzene rings is 1. The number of hydroxylamine groups is 1. The van der Waals surface area contributed by atoms with Crippen molar-refractivity contribution < 1.29 is 14.0 Å². The highest BCUT2D eigenvalue weighted by Gasteiger charge is 2.12. The van der Waals surface area contributed by atoms with Gasteiger partial charge in [-0.05, 0) is 55.8 Å². The molecule has 0 fully saturated rings. The minimum Gasteiger partial charge on any atom is -0.487 e. The van der Waals surface area contributed by atoms with Gasteiger partial charge >= 0.3 is 0 Å². The van der Waals surface area contributed by atoms with Gasteiger partial charge in [-0.25, -0.2) is 10.5 Å². The van der Waals surface area contributed by atoms with Crippen molar-refractivity contribution in [3.63, 3.8) is 0 Å². The third kappa shape index (κ3) is 5.17. The van der Waals surface area contributed by atoms with Gasteiger partial charge in [-0.15, -0.1) is 11.3 Å². The Morgan fingerprint density at radius 1 is 1.19 bits per heavy atom. The van der Waals surface area contributed by atoms with E-state index < -0.39 is 0 Å². The number of nitrogens with zero attached hydrogens (tertiary/aromatic N) is 1. The molecule has 0 atom stereocenters. The second-order valence-electron chi connectivity index (χ2n) is 5.86. The summed E-state index contributed by atoms with van der Waals surface area (Å²) in [5.74, 6) is 2.29. The molecule has 26 heavy (non-hydrogen) atoms. The first kappa shape index (κ1) is 18.6. The Balaban J connectivity index is 1.49. The van der Waals surface area contributed by atoms with Crippen molar-refractivity contribution in [1.82, 2.24) is 10.5 Å². The van der Waals surface area contributed by atoms with Crippen molar-refractivity contribution in [3.8, 4) is 16.5 Å². The van der Waals surface area contributed by atoms with Crippen LogP contribution in [0.2, 0.25) is 0 Å². The number of nitrogens with one attached hydrogen (secondary N) is 1. The zero-order valence-electron chi connectivity index (χ0n) is 15.2. The topological polar surface area (TPSA) is 56.5 Å². The number of oxazole rings is 1. The van der Waals surface area contributed by atoms with E-state index >= 15 is 0 Å². The second-order valence-corrected chi connectivity index (χ2v) is 6.81. The van der Waals surface area contributed by atoms with E-state index in [4.69, 9.17) is 14.0 Å². The maximum atomic E-state index is 5.86. The lowest BCUT2D eigenvalue weighted by atomic mass is 10.1. The van der Waals surface area contributed by atoms with E-state index in [0.717, 1.165) is 41.5 Å². The molecule has 5 nitrogen and oxygen atoms in total. The van der Waals surface area contributed by atoms with Crippen LogP contribution >= 0.6 is 11.3 Å². The van der Waals surface area contributed by atoms with Crippen LogP contribution in [0.25, 0.3) is 10.8 Å². The predicted octanol–water partition coefficient (Wildman–Crippen LogP) is 4.76. The highest BCUT2D eigenvalue weighted by atomic mass is 32.1. The molecule has 138 valence electrons. The average Bonchev–Trinajstić information content (AvgIpc) is 3.31. The minimum atomic E-state index is 0.401. The molecule has 0 saturated heterocycles. The fraction of sp³-hybridized carbons (Fsp3) is 0.350. The Morgan fingerprint density at radius 2 is 2.04 bits per heavy atom. The van der Waals surface area contributed by atoms with Gasteiger partial charge in [0.1, 0.15) is 23.8 Å². The van der Waals surface area contributed by atoms with Crippen LogP contribution in [0.5, 0.6) is 5.75 Å². The molecule has 1 aromatic carbocycles. The van der Waals surface area contributed by atoms with E-state index in [1.807, 2.05) is 43.5 Å². The number of ether oxygens (including phenoxy) is 1. The molecule has 0 bridgehead atoms. The molecule has 0 saturated carbocycles. The molecule has 0 spiro atoms. The van der Waals surface area contributed by atoms with E-state index in [0.29, 0.717) is 19.1 Å². The van der Waals surface area contributed by atoms with Gasteiger partial charge in [0.05, 0.1) is 11.5 Å². The van der Waals surface area contributed by atoms with Gasteiger partial charge in [0.2, 0.25) is 5.89 Å². The average molecular weight is 372 g/mol. The summed E-state index contributed by atoms with van der Waals surface area (Å²) in [6.45, 7) is 5.83. The van der Waals surface area contributed by atoms with Gasteiger partial charge in [-0.1, -0.05) is 18.2 Å². The van der Waals surface area contributed by atoms with Crippen LogP contribution in [0.4, 0.5) is 0 Å². The SMILES string of the molecule is CCONCCCc1ccc(OCc2nc(-c3cccs3)oc2C)cc1. The number of hydrogen-bond donors (Lipinski definition) is 1. The van der Waals surface area contributed by atoms with Gasteiger partial charge in [0, 0.05) is 6.54 Å². The summed E-state index contributed by atoms with van der Waals surface area (Å²) in [7, 11) is 0. The summed E-state index contributed by atoms with van der Waals surface area (Å²) < 4.78 is 11.6. The smallest absolute Gasteiger partial charge is 0.236 e. The highest BCUT2D eigenvalue weighted by molar-refractivity contribution is 7.13. The van der Waals surface area contributed by atoms with Crippen molar-refractivity contribution in [2.45, 2.75) is 33.3 Å². The Bertz CT molecular complexity index is 782. The lowest BCUT2D eigenvalue weighted by molar-refractivity contribution is 0.0505. The third-order valence-electron chi connectivity index (χ3n) is 3.91. The van der Waals surface area contributed by atoms with Crippen molar-refractivity contribution >= 4 is 11.3 Å². The lowest BCUT2D eigenvalue weighted by Crippen LogP contribution is -2.16. The summed E-state index contributed by atoms with van der Waals surface area (Å²) in [5, 5.41) is 2.01. The highest BCUT2D eigenvalue weighted by Crippen LogP contribution is 2.26. The molecule has 2 aromatic heterocycles. The molecule has 0 amide bonds. The van der Waals surface area contributed by atoms with E-state index in [2.05, 4.69) is 22.6 Å². The third-order valence-corrected chi connectivity index (χ3v) is 4.77. The van der Waals surface area contributed by atoms with Crippen LogP contribution in [0.1, 0.15) is 30.4 Å². The Kier molecular flexibility index (Phi) is 6.82. The number of hydrogen-bond acceptors (Lipinski definition) is 6. The Morgan fingerprint density at radius 3 is 2.77 bits per heavy atom. The van der Waals surface area contributed by atoms with E-state index in [-0.39, 0.29) is 0 Å². The number of aryl methyl sites for hydroxylation is 2. The van der Waals surface area contributed by atoms with Crippen molar-refractivity contribution in [3.05, 3.63) is 58.8 Å². The van der Waals surface area contributed by atoms with Gasteiger partial charge in [0.25, 0.3) is 0 Å². The van der Waals surface area contributed by atoms with Crippen molar-refractivity contribution in [2.24, 2.45) is 0 Å². The molecule has 0 unspecified atom stereocenters. The monoisotopic (exact) mass is 372 g/mol. The summed E-state index contributed by atoms with van der Waals surface area (Å²) in [6.07, 6.45) is 2.04. The van der Waals surface area contributed by atoms with Gasteiger partial charge < -0.3 is 14.0 Å². The first-order valence-corrected chi connectivity index (χ1v) is 9.71. The second kappa shape index (κ2) is 9.52. The quantitative estimate of drug-likeness (QED) is 0.411. The maximum Gasteiger partial charge on any atom is 0.236 e. The standard InChI is InChI=1S/C20H24N2O3S/c1-3-24-21-12-4-6-16-8-10-17(11-9-16)23-14-18-15(2)25-20(22-18)19-7-5-13-26-19/h5,7-11,13,21H,3-4,6,12,14H2,1-2H3. The van der Waals surface area contributed by atoms with Crippen LogP contribution in [0, 0.1) is 6.92 Å². The maximum absolute atomic E-state index is 5.86.